The van der Waals surface area contributed by atoms with Gasteiger partial charge < -0.3 is 14.5 Å². The predicted octanol–water partition coefficient (Wildman–Crippen LogP) is 3.10. The van der Waals surface area contributed by atoms with E-state index in [1.807, 2.05) is 7.05 Å². The molecule has 5 heteroatoms. The number of ether oxygens (including phenoxy) is 1. The van der Waals surface area contributed by atoms with Gasteiger partial charge in [0.25, 0.3) is 8.32 Å². The Morgan fingerprint density at radius 2 is 1.57 bits per heavy atom. The van der Waals surface area contributed by atoms with Crippen LogP contribution < -0.4 is 15.7 Å². The van der Waals surface area contributed by atoms with Crippen LogP contribution in [0.25, 0.3) is 0 Å². The Kier molecular flexibility index (Phi) is 5.41. The van der Waals surface area contributed by atoms with Crippen molar-refractivity contribution in [3.63, 3.8) is 0 Å². The summed E-state index contributed by atoms with van der Waals surface area (Å²) in [7, 11) is 0.806. The standard InChI is InChI=1S/C25H33NO3Si/c1-24(2,3)30(18-12-8-6-9-13-18,19-14-10-7-11-15-19)29-21-16-22(26-4)25(17-20(21)25)23(27)28-5/h6-15,20-22,26H,16-17H2,1-5H3. The second-order valence-corrected chi connectivity index (χ2v) is 14.0. The van der Waals surface area contributed by atoms with E-state index in [0.29, 0.717) is 0 Å². The second-order valence-electron chi connectivity index (χ2n) is 9.74. The smallest absolute Gasteiger partial charge is 0.313 e. The van der Waals surface area contributed by atoms with Crippen molar-refractivity contribution in [3.8, 4) is 0 Å². The Bertz CT molecular complexity index is 856. The molecule has 0 heterocycles. The lowest BCUT2D eigenvalue weighted by Gasteiger charge is -2.45. The van der Waals surface area contributed by atoms with E-state index in [9.17, 15) is 4.79 Å². The molecular weight excluding hydrogens is 390 g/mol. The zero-order chi connectivity index (χ0) is 21.6. The zero-order valence-corrected chi connectivity index (χ0v) is 19.6. The summed E-state index contributed by atoms with van der Waals surface area (Å²) in [5.74, 6) is 0.115. The zero-order valence-electron chi connectivity index (χ0n) is 18.6. The fourth-order valence-corrected chi connectivity index (χ4v) is 10.5. The largest absolute Gasteiger partial charge is 0.469 e. The average molecular weight is 424 g/mol. The summed E-state index contributed by atoms with van der Waals surface area (Å²) >= 11 is 0. The highest BCUT2D eigenvalue weighted by molar-refractivity contribution is 6.99. The molecule has 2 aliphatic rings. The van der Waals surface area contributed by atoms with Crippen LogP contribution in [0, 0.1) is 11.3 Å². The molecule has 30 heavy (non-hydrogen) atoms. The second kappa shape index (κ2) is 7.63. The van der Waals surface area contributed by atoms with Gasteiger partial charge in [-0.25, -0.2) is 0 Å². The van der Waals surface area contributed by atoms with E-state index in [2.05, 4.69) is 86.8 Å². The number of carbonyl (C=O) groups excluding carboxylic acids is 1. The highest BCUT2D eigenvalue weighted by atomic mass is 28.4. The summed E-state index contributed by atoms with van der Waals surface area (Å²) in [5.41, 5.74) is -0.431. The van der Waals surface area contributed by atoms with Crippen LogP contribution >= 0.6 is 0 Å². The lowest BCUT2D eigenvalue weighted by atomic mass is 9.98. The Hall–Kier alpha value is -1.95. The molecule has 4 rings (SSSR count). The molecule has 4 unspecified atom stereocenters. The van der Waals surface area contributed by atoms with Crippen molar-refractivity contribution in [1.82, 2.24) is 5.32 Å². The van der Waals surface area contributed by atoms with Gasteiger partial charge >= 0.3 is 5.97 Å². The molecule has 0 spiro atoms. The minimum atomic E-state index is -2.63. The lowest BCUT2D eigenvalue weighted by Crippen LogP contribution is -2.67. The monoisotopic (exact) mass is 423 g/mol. The van der Waals surface area contributed by atoms with Crippen LogP contribution in [0.2, 0.25) is 5.04 Å². The van der Waals surface area contributed by atoms with E-state index in [1.54, 1.807) is 0 Å². The van der Waals surface area contributed by atoms with Crippen LogP contribution in [-0.4, -0.2) is 40.6 Å². The van der Waals surface area contributed by atoms with Crippen LogP contribution in [-0.2, 0) is 14.0 Å². The van der Waals surface area contributed by atoms with Gasteiger partial charge in [0, 0.05) is 12.0 Å². The van der Waals surface area contributed by atoms with E-state index >= 15 is 0 Å². The molecule has 0 radical (unpaired) electrons. The third kappa shape index (κ3) is 3.06. The Morgan fingerprint density at radius 1 is 1.03 bits per heavy atom. The first-order chi connectivity index (χ1) is 14.3. The molecule has 0 aromatic heterocycles. The highest BCUT2D eigenvalue weighted by Gasteiger charge is 2.73. The van der Waals surface area contributed by atoms with Crippen LogP contribution in [0.4, 0.5) is 0 Å². The Morgan fingerprint density at radius 3 is 2.00 bits per heavy atom. The SMILES string of the molecule is CNC1CC(O[Si](c2ccccc2)(c2ccccc2)C(C)(C)C)C2CC12C(=O)OC. The number of nitrogens with one attached hydrogen (secondary N) is 1. The van der Waals surface area contributed by atoms with Crippen LogP contribution in [0.3, 0.4) is 0 Å². The van der Waals surface area contributed by atoms with Gasteiger partial charge in [-0.1, -0.05) is 81.4 Å². The summed E-state index contributed by atoms with van der Waals surface area (Å²) in [6.07, 6.45) is 1.71. The molecule has 2 aromatic carbocycles. The van der Waals surface area contributed by atoms with Gasteiger partial charge in [-0.15, -0.1) is 0 Å². The van der Waals surface area contributed by atoms with Gasteiger partial charge in [0.05, 0.1) is 18.6 Å². The number of methoxy groups -OCH3 is 1. The fourth-order valence-electron chi connectivity index (χ4n) is 5.77. The number of carbonyl (C=O) groups is 1. The fraction of sp³-hybridized carbons (Fsp3) is 0.480. The molecule has 0 amide bonds. The number of rotatable bonds is 6. The summed E-state index contributed by atoms with van der Waals surface area (Å²) in [6, 6.07) is 21.5. The minimum Gasteiger partial charge on any atom is -0.469 e. The number of hydrogen-bond donors (Lipinski definition) is 1. The molecule has 4 nitrogen and oxygen atoms in total. The lowest BCUT2D eigenvalue weighted by molar-refractivity contribution is -0.148. The van der Waals surface area contributed by atoms with Gasteiger partial charge in [-0.2, -0.15) is 0 Å². The minimum absolute atomic E-state index is 0.0350. The van der Waals surface area contributed by atoms with E-state index in [1.165, 1.54) is 17.5 Å². The van der Waals surface area contributed by atoms with Crippen molar-refractivity contribution in [1.29, 1.82) is 0 Å². The number of fused-ring (bicyclic) bond motifs is 1. The Balaban J connectivity index is 1.80. The third-order valence-corrected chi connectivity index (χ3v) is 12.3. The average Bonchev–Trinajstić information content (AvgIpc) is 3.43. The molecule has 1 N–H and O–H groups in total. The molecular formula is C25H33NO3Si. The molecule has 2 aliphatic carbocycles. The quantitative estimate of drug-likeness (QED) is 0.573. The molecule has 2 aromatic rings. The molecule has 160 valence electrons. The summed E-state index contributed by atoms with van der Waals surface area (Å²) in [6.45, 7) is 6.89. The van der Waals surface area contributed by atoms with Crippen molar-refractivity contribution in [3.05, 3.63) is 60.7 Å². The maximum Gasteiger partial charge on any atom is 0.313 e. The van der Waals surface area contributed by atoms with E-state index in [0.717, 1.165) is 12.8 Å². The van der Waals surface area contributed by atoms with Crippen LogP contribution in [0.5, 0.6) is 0 Å². The van der Waals surface area contributed by atoms with E-state index in [-0.39, 0.29) is 29.1 Å². The Labute approximate surface area is 181 Å². The summed E-state index contributed by atoms with van der Waals surface area (Å²) < 4.78 is 12.5. The van der Waals surface area contributed by atoms with Crippen molar-refractivity contribution in [2.24, 2.45) is 11.3 Å². The topological polar surface area (TPSA) is 47.6 Å². The third-order valence-electron chi connectivity index (χ3n) is 7.26. The van der Waals surface area contributed by atoms with Gasteiger partial charge in [0.2, 0.25) is 0 Å². The van der Waals surface area contributed by atoms with Crippen LogP contribution in [0.15, 0.2) is 60.7 Å². The van der Waals surface area contributed by atoms with E-state index in [4.69, 9.17) is 9.16 Å². The molecule has 2 saturated carbocycles. The van der Waals surface area contributed by atoms with Crippen molar-refractivity contribution in [2.45, 2.75) is 50.8 Å². The van der Waals surface area contributed by atoms with Gasteiger partial charge in [-0.3, -0.25) is 4.79 Å². The molecule has 4 atom stereocenters. The van der Waals surface area contributed by atoms with Gasteiger partial charge in [-0.05, 0) is 35.3 Å². The number of benzene rings is 2. The van der Waals surface area contributed by atoms with Crippen molar-refractivity contribution < 1.29 is 14.0 Å². The first-order valence-corrected chi connectivity index (χ1v) is 12.8. The predicted molar refractivity (Wildman–Crippen MR) is 123 cm³/mol. The maximum absolute atomic E-state index is 12.7. The first-order valence-electron chi connectivity index (χ1n) is 10.9. The molecule has 0 saturated heterocycles. The van der Waals surface area contributed by atoms with Crippen molar-refractivity contribution in [2.75, 3.05) is 14.2 Å². The summed E-state index contributed by atoms with van der Waals surface area (Å²) in [5, 5.41) is 5.86. The first kappa shape index (κ1) is 21.3. The van der Waals surface area contributed by atoms with Gasteiger partial charge in [0.15, 0.2) is 0 Å². The molecule has 2 fully saturated rings. The summed E-state index contributed by atoms with van der Waals surface area (Å²) in [4.78, 5) is 12.7. The maximum atomic E-state index is 12.7. The van der Waals surface area contributed by atoms with Crippen molar-refractivity contribution >= 4 is 24.7 Å². The van der Waals surface area contributed by atoms with E-state index < -0.39 is 13.7 Å². The van der Waals surface area contributed by atoms with Gasteiger partial charge in [0.1, 0.15) is 0 Å². The van der Waals surface area contributed by atoms with Crippen LogP contribution in [0.1, 0.15) is 33.6 Å². The number of hydrogen-bond acceptors (Lipinski definition) is 4. The molecule has 0 bridgehead atoms. The number of esters is 1. The molecule has 0 aliphatic heterocycles. The normalized spacial score (nSPS) is 28.1. The highest BCUT2D eigenvalue weighted by Crippen LogP contribution is 2.65.